The highest BCUT2D eigenvalue weighted by Gasteiger charge is 2.33. The number of fused-ring (bicyclic) bond motifs is 1. The second-order valence-corrected chi connectivity index (χ2v) is 4.51. The van der Waals surface area contributed by atoms with E-state index in [2.05, 4.69) is 9.97 Å². The zero-order valence-corrected chi connectivity index (χ0v) is 10.7. The minimum atomic E-state index is -4.45. The average Bonchev–Trinajstić information content (AvgIpc) is 2.46. The number of aromatic nitrogens is 2. The van der Waals surface area contributed by atoms with Gasteiger partial charge in [-0.2, -0.15) is 13.2 Å². The lowest BCUT2D eigenvalue weighted by molar-refractivity contribution is -0.137. The van der Waals surface area contributed by atoms with Gasteiger partial charge in [0.25, 0.3) is 0 Å². The van der Waals surface area contributed by atoms with Crippen molar-refractivity contribution in [2.24, 2.45) is 0 Å². The van der Waals surface area contributed by atoms with Crippen molar-refractivity contribution in [3.8, 4) is 11.3 Å². The lowest BCUT2D eigenvalue weighted by atomic mass is 10.0. The maximum absolute atomic E-state index is 13.1. The molecule has 2 heterocycles. The van der Waals surface area contributed by atoms with E-state index in [-0.39, 0.29) is 17.1 Å². The third-order valence-electron chi connectivity index (χ3n) is 3.12. The Hall–Kier alpha value is -2.63. The Morgan fingerprint density at radius 2 is 1.76 bits per heavy atom. The Morgan fingerprint density at radius 3 is 2.52 bits per heavy atom. The van der Waals surface area contributed by atoms with E-state index in [1.54, 1.807) is 24.4 Å². The van der Waals surface area contributed by atoms with Gasteiger partial charge in [-0.15, -0.1) is 0 Å². The molecule has 0 amide bonds. The van der Waals surface area contributed by atoms with Crippen LogP contribution in [-0.4, -0.2) is 9.97 Å². The van der Waals surface area contributed by atoms with E-state index in [0.29, 0.717) is 10.9 Å². The summed E-state index contributed by atoms with van der Waals surface area (Å²) in [7, 11) is 0. The Labute approximate surface area is 118 Å². The summed E-state index contributed by atoms with van der Waals surface area (Å²) in [5, 5.41) is 0.650. The van der Waals surface area contributed by atoms with Crippen LogP contribution in [0, 0.1) is 0 Å². The van der Waals surface area contributed by atoms with Gasteiger partial charge in [0.15, 0.2) is 5.82 Å². The lowest BCUT2D eigenvalue weighted by Crippen LogP contribution is -2.07. The van der Waals surface area contributed by atoms with Crippen LogP contribution >= 0.6 is 0 Å². The summed E-state index contributed by atoms with van der Waals surface area (Å²) in [6, 6.07) is 10.3. The van der Waals surface area contributed by atoms with E-state index in [1.807, 2.05) is 0 Å². The third kappa shape index (κ3) is 2.40. The van der Waals surface area contributed by atoms with Gasteiger partial charge in [0, 0.05) is 17.1 Å². The molecule has 0 aliphatic rings. The van der Waals surface area contributed by atoms with Crippen LogP contribution in [0.3, 0.4) is 0 Å². The molecule has 3 nitrogen and oxygen atoms in total. The van der Waals surface area contributed by atoms with Gasteiger partial charge in [-0.25, -0.2) is 4.98 Å². The molecule has 0 bridgehead atoms. The van der Waals surface area contributed by atoms with Crippen LogP contribution in [0.1, 0.15) is 5.56 Å². The van der Waals surface area contributed by atoms with Crippen LogP contribution in [0.15, 0.2) is 48.7 Å². The van der Waals surface area contributed by atoms with E-state index < -0.39 is 11.7 Å². The predicted octanol–water partition coefficient (Wildman–Crippen LogP) is 3.90. The van der Waals surface area contributed by atoms with Crippen molar-refractivity contribution in [2.75, 3.05) is 5.73 Å². The summed E-state index contributed by atoms with van der Waals surface area (Å²) in [6.45, 7) is 0. The van der Waals surface area contributed by atoms with Crippen molar-refractivity contribution < 1.29 is 13.2 Å². The SMILES string of the molecule is Nc1nc(-c2ccccc2C(F)(F)F)cc2cccnc12. The second-order valence-electron chi connectivity index (χ2n) is 4.51. The maximum Gasteiger partial charge on any atom is 0.417 e. The molecule has 21 heavy (non-hydrogen) atoms. The summed E-state index contributed by atoms with van der Waals surface area (Å²) in [6.07, 6.45) is -2.89. The van der Waals surface area contributed by atoms with E-state index in [0.717, 1.165) is 6.07 Å². The van der Waals surface area contributed by atoms with Crippen LogP contribution in [0.25, 0.3) is 22.2 Å². The minimum absolute atomic E-state index is 0.00227. The summed E-state index contributed by atoms with van der Waals surface area (Å²) < 4.78 is 39.2. The number of nitrogens with two attached hydrogens (primary N) is 1. The fourth-order valence-corrected chi connectivity index (χ4v) is 2.20. The second kappa shape index (κ2) is 4.73. The van der Waals surface area contributed by atoms with E-state index in [1.165, 1.54) is 18.2 Å². The molecule has 2 aromatic heterocycles. The molecular weight excluding hydrogens is 279 g/mol. The number of nitrogens with zero attached hydrogens (tertiary/aromatic N) is 2. The Balaban J connectivity index is 2.27. The largest absolute Gasteiger partial charge is 0.417 e. The minimum Gasteiger partial charge on any atom is -0.382 e. The van der Waals surface area contributed by atoms with Gasteiger partial charge in [0.05, 0.1) is 11.3 Å². The fraction of sp³-hybridized carbons (Fsp3) is 0.0667. The first-order valence-corrected chi connectivity index (χ1v) is 6.14. The average molecular weight is 289 g/mol. The Kier molecular flexibility index (Phi) is 3.01. The maximum atomic E-state index is 13.1. The Morgan fingerprint density at radius 1 is 1.00 bits per heavy atom. The van der Waals surface area contributed by atoms with Crippen LogP contribution in [0.4, 0.5) is 19.0 Å². The molecule has 0 aliphatic heterocycles. The van der Waals surface area contributed by atoms with Gasteiger partial charge >= 0.3 is 6.18 Å². The number of benzene rings is 1. The van der Waals surface area contributed by atoms with Crippen LogP contribution < -0.4 is 5.73 Å². The first-order valence-electron chi connectivity index (χ1n) is 6.14. The van der Waals surface area contributed by atoms with Gasteiger partial charge in [-0.1, -0.05) is 24.3 Å². The summed E-state index contributed by atoms with van der Waals surface area (Å²) in [4.78, 5) is 8.14. The topological polar surface area (TPSA) is 51.8 Å². The van der Waals surface area contributed by atoms with Crippen molar-refractivity contribution in [1.82, 2.24) is 9.97 Å². The number of nitrogen functional groups attached to an aromatic ring is 1. The van der Waals surface area contributed by atoms with E-state index in [9.17, 15) is 13.2 Å². The van der Waals surface area contributed by atoms with Crippen LogP contribution in [0.5, 0.6) is 0 Å². The van der Waals surface area contributed by atoms with Crippen molar-refractivity contribution in [2.45, 2.75) is 6.18 Å². The number of anilines is 1. The highest BCUT2D eigenvalue weighted by Crippen LogP contribution is 2.37. The monoisotopic (exact) mass is 289 g/mol. The molecule has 6 heteroatoms. The molecule has 2 N–H and O–H groups in total. The van der Waals surface area contributed by atoms with Crippen LogP contribution in [0.2, 0.25) is 0 Å². The number of hydrogen-bond acceptors (Lipinski definition) is 3. The number of rotatable bonds is 1. The molecule has 3 aromatic rings. The number of alkyl halides is 3. The molecule has 106 valence electrons. The van der Waals surface area contributed by atoms with Gasteiger partial charge in [-0.3, -0.25) is 4.98 Å². The normalized spacial score (nSPS) is 11.8. The summed E-state index contributed by atoms with van der Waals surface area (Å²) >= 11 is 0. The molecular formula is C15H10F3N3. The highest BCUT2D eigenvalue weighted by atomic mass is 19.4. The summed E-state index contributed by atoms with van der Waals surface area (Å²) in [5.74, 6) is 0.111. The molecule has 0 unspecified atom stereocenters. The molecule has 0 spiro atoms. The molecule has 0 saturated carbocycles. The molecule has 3 rings (SSSR count). The first-order chi connectivity index (χ1) is 9.97. The standard InChI is InChI=1S/C15H10F3N3/c16-15(17,18)11-6-2-1-5-10(11)12-8-9-4-3-7-20-13(9)14(19)21-12/h1-8H,(H2,19,21). The molecule has 0 fully saturated rings. The summed E-state index contributed by atoms with van der Waals surface area (Å²) in [5.41, 5.74) is 5.72. The number of pyridine rings is 2. The van der Waals surface area contributed by atoms with Crippen molar-refractivity contribution >= 4 is 16.7 Å². The number of hydrogen-bond donors (Lipinski definition) is 1. The fourth-order valence-electron chi connectivity index (χ4n) is 2.20. The van der Waals surface area contributed by atoms with Crippen molar-refractivity contribution in [3.63, 3.8) is 0 Å². The third-order valence-corrected chi connectivity index (χ3v) is 3.12. The molecule has 0 radical (unpaired) electrons. The molecule has 0 aliphatic carbocycles. The van der Waals surface area contributed by atoms with E-state index in [4.69, 9.17) is 5.73 Å². The predicted molar refractivity (Wildman–Crippen MR) is 74.4 cm³/mol. The van der Waals surface area contributed by atoms with Crippen LogP contribution in [-0.2, 0) is 6.18 Å². The van der Waals surface area contributed by atoms with Crippen molar-refractivity contribution in [1.29, 1.82) is 0 Å². The molecule has 1 aromatic carbocycles. The van der Waals surface area contributed by atoms with Crippen molar-refractivity contribution in [3.05, 3.63) is 54.2 Å². The Bertz CT molecular complexity index is 813. The lowest BCUT2D eigenvalue weighted by Gasteiger charge is -2.13. The number of halogens is 3. The smallest absolute Gasteiger partial charge is 0.382 e. The zero-order valence-electron chi connectivity index (χ0n) is 10.7. The zero-order chi connectivity index (χ0) is 15.0. The highest BCUT2D eigenvalue weighted by molar-refractivity contribution is 5.90. The van der Waals surface area contributed by atoms with E-state index >= 15 is 0 Å². The van der Waals surface area contributed by atoms with Gasteiger partial charge in [0.2, 0.25) is 0 Å². The quantitative estimate of drug-likeness (QED) is 0.739. The van der Waals surface area contributed by atoms with Gasteiger partial charge in [-0.05, 0) is 18.2 Å². The first kappa shape index (κ1) is 13.4. The molecule has 0 saturated heterocycles. The van der Waals surface area contributed by atoms with Gasteiger partial charge in [0.1, 0.15) is 5.52 Å². The molecule has 0 atom stereocenters. The van der Waals surface area contributed by atoms with Gasteiger partial charge < -0.3 is 5.73 Å².